The first-order chi connectivity index (χ1) is 9.60. The number of hydrogen-bond acceptors (Lipinski definition) is 4. The van der Waals surface area contributed by atoms with Crippen LogP contribution in [0, 0.1) is 0 Å². The van der Waals surface area contributed by atoms with Gasteiger partial charge in [0.15, 0.2) is 5.76 Å². The van der Waals surface area contributed by atoms with Crippen molar-refractivity contribution in [1.82, 2.24) is 10.3 Å². The first kappa shape index (κ1) is 14.8. The van der Waals surface area contributed by atoms with E-state index in [-0.39, 0.29) is 5.76 Å². The SMILES string of the molecule is CN(Cc1ccc(Br)cc1)Cc1ccoc1C(=O)NN. The van der Waals surface area contributed by atoms with Crippen LogP contribution in [0.2, 0.25) is 0 Å². The standard InChI is InChI=1S/C14H16BrN3O2/c1-18(8-10-2-4-12(15)5-3-10)9-11-6-7-20-13(11)14(19)17-16/h2-7H,8-9,16H2,1H3,(H,17,19). The van der Waals surface area contributed by atoms with E-state index in [4.69, 9.17) is 10.3 Å². The molecule has 2 rings (SSSR count). The van der Waals surface area contributed by atoms with Gasteiger partial charge in [-0.2, -0.15) is 0 Å². The van der Waals surface area contributed by atoms with Gasteiger partial charge in [0, 0.05) is 23.1 Å². The number of carbonyl (C=O) groups is 1. The molecule has 2 aromatic rings. The number of benzene rings is 1. The molecular weight excluding hydrogens is 322 g/mol. The highest BCUT2D eigenvalue weighted by Gasteiger charge is 2.15. The number of amides is 1. The summed E-state index contributed by atoms with van der Waals surface area (Å²) in [6, 6.07) is 9.91. The summed E-state index contributed by atoms with van der Waals surface area (Å²) in [4.78, 5) is 13.6. The predicted molar refractivity (Wildman–Crippen MR) is 79.7 cm³/mol. The van der Waals surface area contributed by atoms with Gasteiger partial charge in [-0.3, -0.25) is 15.1 Å². The second-order valence-electron chi connectivity index (χ2n) is 4.55. The zero-order valence-electron chi connectivity index (χ0n) is 11.1. The van der Waals surface area contributed by atoms with Gasteiger partial charge in [0.1, 0.15) is 0 Å². The molecule has 1 aromatic heterocycles. The Hall–Kier alpha value is -1.63. The molecule has 0 radical (unpaired) electrons. The van der Waals surface area contributed by atoms with Crippen molar-refractivity contribution in [3.63, 3.8) is 0 Å². The summed E-state index contributed by atoms with van der Waals surface area (Å²) in [5.74, 6) is 4.97. The molecule has 0 aliphatic heterocycles. The minimum atomic E-state index is -0.415. The van der Waals surface area contributed by atoms with Gasteiger partial charge in [0.05, 0.1) is 6.26 Å². The topological polar surface area (TPSA) is 71.5 Å². The van der Waals surface area contributed by atoms with Gasteiger partial charge in [-0.25, -0.2) is 5.84 Å². The van der Waals surface area contributed by atoms with E-state index in [1.807, 2.05) is 19.2 Å². The number of rotatable bonds is 5. The van der Waals surface area contributed by atoms with Crippen molar-refractivity contribution in [3.8, 4) is 0 Å². The molecular formula is C14H16BrN3O2. The molecule has 0 atom stereocenters. The van der Waals surface area contributed by atoms with Gasteiger partial charge < -0.3 is 4.42 Å². The second kappa shape index (κ2) is 6.69. The van der Waals surface area contributed by atoms with Crippen LogP contribution in [0.5, 0.6) is 0 Å². The number of nitrogen functional groups attached to an aromatic ring is 1. The average molecular weight is 338 g/mol. The van der Waals surface area contributed by atoms with Crippen molar-refractivity contribution in [2.24, 2.45) is 5.84 Å². The quantitative estimate of drug-likeness (QED) is 0.498. The number of halogens is 1. The molecule has 0 fully saturated rings. The zero-order valence-corrected chi connectivity index (χ0v) is 12.7. The third-order valence-corrected chi connectivity index (χ3v) is 3.42. The van der Waals surface area contributed by atoms with Gasteiger partial charge >= 0.3 is 5.91 Å². The summed E-state index contributed by atoms with van der Waals surface area (Å²) >= 11 is 3.41. The normalized spacial score (nSPS) is 10.8. The molecule has 1 aromatic carbocycles. The Balaban J connectivity index is 2.01. The Morgan fingerprint density at radius 2 is 2.00 bits per heavy atom. The molecule has 0 bridgehead atoms. The lowest BCUT2D eigenvalue weighted by Crippen LogP contribution is -2.31. The fourth-order valence-corrected chi connectivity index (χ4v) is 2.24. The van der Waals surface area contributed by atoms with E-state index in [1.54, 1.807) is 6.07 Å². The third kappa shape index (κ3) is 3.69. The number of hydrazine groups is 1. The van der Waals surface area contributed by atoms with Crippen molar-refractivity contribution in [2.75, 3.05) is 7.05 Å². The lowest BCUT2D eigenvalue weighted by molar-refractivity contribution is 0.0923. The molecule has 0 saturated heterocycles. The number of nitrogens with one attached hydrogen (secondary N) is 1. The van der Waals surface area contributed by atoms with E-state index >= 15 is 0 Å². The summed E-state index contributed by atoms with van der Waals surface area (Å²) in [6.07, 6.45) is 1.49. The van der Waals surface area contributed by atoms with E-state index in [0.717, 1.165) is 16.6 Å². The fourth-order valence-electron chi connectivity index (χ4n) is 1.97. The van der Waals surface area contributed by atoms with Crippen molar-refractivity contribution in [2.45, 2.75) is 13.1 Å². The van der Waals surface area contributed by atoms with Gasteiger partial charge in [0.25, 0.3) is 0 Å². The van der Waals surface area contributed by atoms with Crippen molar-refractivity contribution < 1.29 is 9.21 Å². The molecule has 0 spiro atoms. The summed E-state index contributed by atoms with van der Waals surface area (Å²) in [5.41, 5.74) is 4.09. The monoisotopic (exact) mass is 337 g/mol. The van der Waals surface area contributed by atoms with Crippen molar-refractivity contribution >= 4 is 21.8 Å². The highest BCUT2D eigenvalue weighted by atomic mass is 79.9. The fraction of sp³-hybridized carbons (Fsp3) is 0.214. The number of furan rings is 1. The Morgan fingerprint density at radius 3 is 2.65 bits per heavy atom. The molecule has 0 unspecified atom stereocenters. The smallest absolute Gasteiger partial charge is 0.301 e. The van der Waals surface area contributed by atoms with Crippen LogP contribution >= 0.6 is 15.9 Å². The summed E-state index contributed by atoms with van der Waals surface area (Å²) in [7, 11) is 1.99. The predicted octanol–water partition coefficient (Wildman–Crippen LogP) is 2.28. The van der Waals surface area contributed by atoms with Crippen LogP contribution in [-0.2, 0) is 13.1 Å². The molecule has 6 heteroatoms. The van der Waals surface area contributed by atoms with Crippen molar-refractivity contribution in [1.29, 1.82) is 0 Å². The first-order valence-corrected chi connectivity index (χ1v) is 6.89. The lowest BCUT2D eigenvalue weighted by atomic mass is 10.2. The maximum Gasteiger partial charge on any atom is 0.301 e. The van der Waals surface area contributed by atoms with E-state index in [1.165, 1.54) is 11.8 Å². The number of hydrogen-bond donors (Lipinski definition) is 2. The van der Waals surface area contributed by atoms with Gasteiger partial charge in [-0.05, 0) is 30.8 Å². The third-order valence-electron chi connectivity index (χ3n) is 2.89. The molecule has 5 nitrogen and oxygen atoms in total. The molecule has 0 aliphatic carbocycles. The first-order valence-electron chi connectivity index (χ1n) is 6.10. The Bertz CT molecular complexity index is 580. The molecule has 20 heavy (non-hydrogen) atoms. The Kier molecular flexibility index (Phi) is 4.94. The summed E-state index contributed by atoms with van der Waals surface area (Å²) in [6.45, 7) is 1.39. The van der Waals surface area contributed by atoms with Crippen LogP contribution in [0.1, 0.15) is 21.7 Å². The van der Waals surface area contributed by atoms with Crippen molar-refractivity contribution in [3.05, 3.63) is 58.0 Å². The maximum absolute atomic E-state index is 11.5. The summed E-state index contributed by atoms with van der Waals surface area (Å²) in [5, 5.41) is 0. The van der Waals surface area contributed by atoms with E-state index < -0.39 is 5.91 Å². The van der Waals surface area contributed by atoms with Gasteiger partial charge in [-0.1, -0.05) is 28.1 Å². The average Bonchev–Trinajstić information content (AvgIpc) is 2.88. The number of carbonyl (C=O) groups excluding carboxylic acids is 1. The van der Waals surface area contributed by atoms with Crippen LogP contribution in [0.15, 0.2) is 45.5 Å². The molecule has 106 valence electrons. The van der Waals surface area contributed by atoms with Crippen LogP contribution in [-0.4, -0.2) is 17.9 Å². The minimum absolute atomic E-state index is 0.259. The van der Waals surface area contributed by atoms with Gasteiger partial charge in [-0.15, -0.1) is 0 Å². The number of nitrogens with two attached hydrogens (primary N) is 1. The molecule has 1 heterocycles. The van der Waals surface area contributed by atoms with Crippen LogP contribution in [0.25, 0.3) is 0 Å². The Labute approximate surface area is 125 Å². The van der Waals surface area contributed by atoms with Crippen LogP contribution in [0.4, 0.5) is 0 Å². The van der Waals surface area contributed by atoms with E-state index in [2.05, 4.69) is 38.4 Å². The van der Waals surface area contributed by atoms with Gasteiger partial charge in [0.2, 0.25) is 0 Å². The molecule has 0 aliphatic rings. The minimum Gasteiger partial charge on any atom is -0.459 e. The second-order valence-corrected chi connectivity index (χ2v) is 5.46. The Morgan fingerprint density at radius 1 is 1.30 bits per heavy atom. The zero-order chi connectivity index (χ0) is 14.5. The van der Waals surface area contributed by atoms with E-state index in [0.29, 0.717) is 6.54 Å². The highest BCUT2D eigenvalue weighted by molar-refractivity contribution is 9.10. The molecule has 1 amide bonds. The highest BCUT2D eigenvalue weighted by Crippen LogP contribution is 2.15. The van der Waals surface area contributed by atoms with Crippen LogP contribution < -0.4 is 11.3 Å². The lowest BCUT2D eigenvalue weighted by Gasteiger charge is -2.16. The molecule has 3 N–H and O–H groups in total. The van der Waals surface area contributed by atoms with E-state index in [9.17, 15) is 4.79 Å². The van der Waals surface area contributed by atoms with Crippen LogP contribution in [0.3, 0.4) is 0 Å². The number of nitrogens with zero attached hydrogens (tertiary/aromatic N) is 1. The molecule has 0 saturated carbocycles. The summed E-state index contributed by atoms with van der Waals surface area (Å²) < 4.78 is 6.22. The largest absolute Gasteiger partial charge is 0.459 e. The maximum atomic E-state index is 11.5.